The van der Waals surface area contributed by atoms with Crippen molar-refractivity contribution in [2.75, 3.05) is 26.7 Å². The quantitative estimate of drug-likeness (QED) is 0.0817. The van der Waals surface area contributed by atoms with Crippen LogP contribution in [0.25, 0.3) is 20.9 Å². The first kappa shape index (κ1) is 34.5. The summed E-state index contributed by atoms with van der Waals surface area (Å²) in [5, 5.41) is 7.25. The smallest absolute Gasteiger partial charge is 0.339 e. The molecule has 0 fully saturated rings. The summed E-state index contributed by atoms with van der Waals surface area (Å²) in [4.78, 5) is 81.1. The number of allylic oxidation sites excluding steroid dienone is 1. The Morgan fingerprint density at radius 2 is 1.54 bits per heavy atom. The van der Waals surface area contributed by atoms with Crippen LogP contribution < -0.4 is 4.74 Å². The van der Waals surface area contributed by atoms with Gasteiger partial charge in [-0.05, 0) is 41.4 Å². The van der Waals surface area contributed by atoms with Gasteiger partial charge in [-0.15, -0.1) is 0 Å². The topological polar surface area (TPSA) is 259 Å². The molecule has 0 unspecified atom stereocenters. The van der Waals surface area contributed by atoms with Gasteiger partial charge in [-0.1, -0.05) is 34.5 Å². The van der Waals surface area contributed by atoms with Gasteiger partial charge in [0, 0.05) is 51.7 Å². The summed E-state index contributed by atoms with van der Waals surface area (Å²) < 4.78 is 31.2. The maximum atomic E-state index is 14.0. The fourth-order valence-corrected chi connectivity index (χ4v) is 5.59. The minimum Gasteiger partial charge on any atom is -0.485 e. The number of carbonyl (C=O) groups is 6. The van der Waals surface area contributed by atoms with Crippen LogP contribution in [-0.4, -0.2) is 73.4 Å². The van der Waals surface area contributed by atoms with Crippen molar-refractivity contribution in [2.24, 2.45) is 16.1 Å². The van der Waals surface area contributed by atoms with Crippen LogP contribution in [0.3, 0.4) is 0 Å². The van der Waals surface area contributed by atoms with Gasteiger partial charge in [0.05, 0.1) is 11.5 Å². The van der Waals surface area contributed by atoms with E-state index in [4.69, 9.17) is 30.0 Å². The first-order chi connectivity index (χ1) is 24.0. The molecule has 2 aromatic rings. The number of nitrogens with zero attached hydrogens (tertiary/aromatic N) is 7. The normalized spacial score (nSPS) is 19.0. The zero-order valence-electron chi connectivity index (χ0n) is 26.2. The van der Waals surface area contributed by atoms with Gasteiger partial charge in [0.2, 0.25) is 13.6 Å². The highest BCUT2D eigenvalue weighted by Crippen LogP contribution is 2.56. The highest BCUT2D eigenvalue weighted by atomic mass is 16.7. The maximum absolute atomic E-state index is 14.0. The number of fused-ring (bicyclic) bond motifs is 6. The van der Waals surface area contributed by atoms with E-state index in [-0.39, 0.29) is 33.8 Å². The largest absolute Gasteiger partial charge is 0.485 e. The fraction of sp³-hybridized carbons (Fsp3) is 0.290. The Morgan fingerprint density at radius 3 is 2.16 bits per heavy atom. The van der Waals surface area contributed by atoms with Crippen molar-refractivity contribution < 1.29 is 57.2 Å². The van der Waals surface area contributed by atoms with E-state index in [1.807, 2.05) is 0 Å². The second-order valence-corrected chi connectivity index (χ2v) is 10.7. The zero-order chi connectivity index (χ0) is 36.0. The molecule has 0 saturated heterocycles. The molecule has 19 heteroatoms. The average Bonchev–Trinajstić information content (AvgIpc) is 3.35. The van der Waals surface area contributed by atoms with Crippen molar-refractivity contribution in [2.45, 2.75) is 25.6 Å². The SMILES string of the molecule is CC(=O)OCOC(=O)CN(CC(=O)OCOC(C)=O)C(=O)c1ccc2c(c1)[C@]1(OC2=O)c2ccc(N=[N+]=[N-])cc2O[C@@H]2C=C(N=[N+]=[N-])C=C[C@H]21. The number of hydrogen-bond acceptors (Lipinski definition) is 14. The van der Waals surface area contributed by atoms with E-state index in [0.717, 1.165) is 18.7 Å². The van der Waals surface area contributed by atoms with Gasteiger partial charge in [0.1, 0.15) is 24.9 Å². The van der Waals surface area contributed by atoms with Gasteiger partial charge in [-0.25, -0.2) is 4.79 Å². The van der Waals surface area contributed by atoms with E-state index in [9.17, 15) is 28.8 Å². The standard InChI is InChI=1S/C31H25N7O12/c1-16(39)45-14-47-27(41)12-38(13-28(42)48-15-46-17(2)40)29(43)18-3-6-21-24(9-18)31(50-30(21)44)22-7-4-19(34-36-32)10-25(22)49-26-11-20(35-37-33)5-8-23(26)31/h3-11,22,25H,12-15H2,1-2H3/t22-,25-,31-/m1/s1. The van der Waals surface area contributed by atoms with Crippen LogP contribution in [0.2, 0.25) is 0 Å². The van der Waals surface area contributed by atoms with Crippen molar-refractivity contribution in [1.29, 1.82) is 0 Å². The Bertz CT molecular complexity index is 1930. The van der Waals surface area contributed by atoms with Gasteiger partial charge in [-0.2, -0.15) is 0 Å². The Morgan fingerprint density at radius 1 is 0.880 bits per heavy atom. The lowest BCUT2D eigenvalue weighted by Crippen LogP contribution is -2.48. The summed E-state index contributed by atoms with van der Waals surface area (Å²) in [5.74, 6) is -5.76. The molecule has 1 amide bonds. The Labute approximate surface area is 281 Å². The average molecular weight is 688 g/mol. The predicted molar refractivity (Wildman–Crippen MR) is 164 cm³/mol. The molecule has 0 radical (unpaired) electrons. The van der Waals surface area contributed by atoms with Crippen molar-refractivity contribution >= 4 is 41.4 Å². The lowest BCUT2D eigenvalue weighted by atomic mass is 9.69. The minimum absolute atomic E-state index is 0.0950. The summed E-state index contributed by atoms with van der Waals surface area (Å²) >= 11 is 0. The molecule has 5 rings (SSSR count). The van der Waals surface area contributed by atoms with Gasteiger partial charge in [0.15, 0.2) is 5.60 Å². The van der Waals surface area contributed by atoms with Gasteiger partial charge >= 0.3 is 29.8 Å². The van der Waals surface area contributed by atoms with Gasteiger partial charge in [0.25, 0.3) is 5.91 Å². The molecule has 2 aromatic carbocycles. The molecule has 0 bridgehead atoms. The monoisotopic (exact) mass is 687 g/mol. The third kappa shape index (κ3) is 7.03. The summed E-state index contributed by atoms with van der Waals surface area (Å²) in [6.07, 6.45) is 3.82. The highest BCUT2D eigenvalue weighted by molar-refractivity contribution is 6.01. The second-order valence-electron chi connectivity index (χ2n) is 10.7. The van der Waals surface area contributed by atoms with Crippen LogP contribution in [0.1, 0.15) is 45.7 Å². The number of esters is 5. The number of hydrogen-bond donors (Lipinski definition) is 0. The molecular weight excluding hydrogens is 662 g/mol. The zero-order valence-corrected chi connectivity index (χ0v) is 26.2. The molecular formula is C31H25N7O12. The van der Waals surface area contributed by atoms with Crippen LogP contribution in [0.15, 0.2) is 70.6 Å². The van der Waals surface area contributed by atoms with Crippen LogP contribution in [0, 0.1) is 5.92 Å². The van der Waals surface area contributed by atoms with Crippen LogP contribution >= 0.6 is 0 Å². The number of azide groups is 2. The third-order valence-corrected chi connectivity index (χ3v) is 7.61. The van der Waals surface area contributed by atoms with Gasteiger partial charge < -0.3 is 33.3 Å². The third-order valence-electron chi connectivity index (χ3n) is 7.61. The number of ether oxygens (including phenoxy) is 6. The van der Waals surface area contributed by atoms with E-state index in [1.54, 1.807) is 12.1 Å². The fourth-order valence-electron chi connectivity index (χ4n) is 5.59. The molecule has 50 heavy (non-hydrogen) atoms. The molecule has 3 aliphatic rings. The molecule has 0 N–H and O–H groups in total. The van der Waals surface area contributed by atoms with Gasteiger partial charge in [-0.3, -0.25) is 24.0 Å². The first-order valence-corrected chi connectivity index (χ1v) is 14.5. The van der Waals surface area contributed by atoms with Crippen molar-refractivity contribution in [3.8, 4) is 5.75 Å². The molecule has 0 saturated carbocycles. The summed E-state index contributed by atoms with van der Waals surface area (Å²) in [6.45, 7) is -0.923. The number of carbonyl (C=O) groups excluding carboxylic acids is 6. The second kappa shape index (κ2) is 14.5. The molecule has 0 aromatic heterocycles. The van der Waals surface area contributed by atoms with E-state index in [1.165, 1.54) is 42.5 Å². The number of amides is 1. The first-order valence-electron chi connectivity index (χ1n) is 14.5. The van der Waals surface area contributed by atoms with E-state index >= 15 is 0 Å². The van der Waals surface area contributed by atoms with Crippen LogP contribution in [0.4, 0.5) is 5.69 Å². The number of rotatable bonds is 11. The summed E-state index contributed by atoms with van der Waals surface area (Å²) in [7, 11) is 0. The molecule has 2 aliphatic heterocycles. The molecule has 1 spiro atoms. The molecule has 256 valence electrons. The lowest BCUT2D eigenvalue weighted by Gasteiger charge is -2.45. The molecule has 1 aliphatic carbocycles. The Hall–Kier alpha value is -6.84. The highest BCUT2D eigenvalue weighted by Gasteiger charge is 2.58. The van der Waals surface area contributed by atoms with Crippen molar-refractivity contribution in [3.05, 3.63) is 103 Å². The van der Waals surface area contributed by atoms with E-state index in [2.05, 4.69) is 29.5 Å². The maximum Gasteiger partial charge on any atom is 0.339 e. The Balaban J connectivity index is 1.56. The minimum atomic E-state index is -1.62. The van der Waals surface area contributed by atoms with Crippen molar-refractivity contribution in [3.63, 3.8) is 0 Å². The Kier molecular flexibility index (Phi) is 10.0. The number of benzene rings is 2. The summed E-state index contributed by atoms with van der Waals surface area (Å²) in [5.41, 5.74) is 17.4. The van der Waals surface area contributed by atoms with Crippen LogP contribution in [-0.2, 0) is 48.5 Å². The molecule has 3 atom stereocenters. The van der Waals surface area contributed by atoms with E-state index in [0.29, 0.717) is 5.56 Å². The van der Waals surface area contributed by atoms with E-state index < -0.39 is 80.1 Å². The lowest BCUT2D eigenvalue weighted by molar-refractivity contribution is -0.166. The molecule has 19 nitrogen and oxygen atoms in total. The van der Waals surface area contributed by atoms with Crippen molar-refractivity contribution in [1.82, 2.24) is 4.90 Å². The predicted octanol–water partition coefficient (Wildman–Crippen LogP) is 3.75. The van der Waals surface area contributed by atoms with Crippen LogP contribution in [0.5, 0.6) is 5.75 Å². The summed E-state index contributed by atoms with van der Waals surface area (Å²) in [6, 6.07) is 8.50. The molecule has 2 heterocycles.